The number of ether oxygens (including phenoxy) is 2. The molecule has 2 aromatic carbocycles. The second-order valence-corrected chi connectivity index (χ2v) is 8.71. The Hall–Kier alpha value is -4.18. The normalized spacial score (nSPS) is 11.3. The first kappa shape index (κ1) is 22.6. The number of thiophene rings is 1. The fourth-order valence-corrected chi connectivity index (χ4v) is 4.81. The number of benzene rings is 2. The maximum atomic E-state index is 13.4. The molecule has 0 saturated carbocycles. The summed E-state index contributed by atoms with van der Waals surface area (Å²) in [6, 6.07) is 15.8. The van der Waals surface area contributed by atoms with Crippen molar-refractivity contribution in [2.45, 2.75) is 20.0 Å². The van der Waals surface area contributed by atoms with Gasteiger partial charge in [-0.1, -0.05) is 18.2 Å². The molecule has 5 aromatic rings. The van der Waals surface area contributed by atoms with Crippen LogP contribution in [0.3, 0.4) is 0 Å². The van der Waals surface area contributed by atoms with E-state index in [0.29, 0.717) is 33.9 Å². The maximum Gasteiger partial charge on any atom is 0.352 e. The van der Waals surface area contributed by atoms with E-state index in [-0.39, 0.29) is 30.2 Å². The number of ketones is 1. The van der Waals surface area contributed by atoms with Crippen LogP contribution in [0, 0.1) is 0 Å². The van der Waals surface area contributed by atoms with Gasteiger partial charge in [-0.3, -0.25) is 14.2 Å². The van der Waals surface area contributed by atoms with Crippen molar-refractivity contribution in [2.24, 2.45) is 0 Å². The average Bonchev–Trinajstić information content (AvgIpc) is 3.48. The zero-order valence-corrected chi connectivity index (χ0v) is 19.9. The number of nitrogens with zero attached hydrogens (tertiary/aromatic N) is 4. The van der Waals surface area contributed by atoms with E-state index in [1.165, 1.54) is 20.3 Å². The SMILES string of the molecule is CCOc1ccccc1Cn1c(=O)c2sccc2n2c(=O)n(CC(=O)c3ccc(OC)cc3)nc12. The van der Waals surface area contributed by atoms with Crippen LogP contribution in [-0.2, 0) is 13.1 Å². The Kier molecular flexibility index (Phi) is 5.96. The van der Waals surface area contributed by atoms with Gasteiger partial charge < -0.3 is 9.47 Å². The van der Waals surface area contributed by atoms with E-state index >= 15 is 0 Å². The zero-order chi connectivity index (χ0) is 24.5. The van der Waals surface area contributed by atoms with E-state index < -0.39 is 5.69 Å². The molecule has 0 fully saturated rings. The first-order chi connectivity index (χ1) is 17.0. The minimum Gasteiger partial charge on any atom is -0.497 e. The molecule has 3 aromatic heterocycles. The van der Waals surface area contributed by atoms with Crippen molar-refractivity contribution in [3.05, 3.63) is 91.9 Å². The molecule has 0 aliphatic rings. The molecule has 0 saturated heterocycles. The topological polar surface area (TPSA) is 96.8 Å². The fourth-order valence-electron chi connectivity index (χ4n) is 3.98. The molecule has 0 spiro atoms. The lowest BCUT2D eigenvalue weighted by Crippen LogP contribution is -2.27. The van der Waals surface area contributed by atoms with Gasteiger partial charge in [0.25, 0.3) is 5.56 Å². The van der Waals surface area contributed by atoms with E-state index in [1.807, 2.05) is 31.2 Å². The van der Waals surface area contributed by atoms with Gasteiger partial charge >= 0.3 is 5.69 Å². The molecule has 9 nitrogen and oxygen atoms in total. The van der Waals surface area contributed by atoms with Gasteiger partial charge in [0.05, 0.1) is 25.8 Å². The minimum atomic E-state index is -0.489. The number of para-hydroxylation sites is 1. The highest BCUT2D eigenvalue weighted by Crippen LogP contribution is 2.22. The number of carbonyl (C=O) groups is 1. The molecular weight excluding hydrogens is 468 g/mol. The maximum absolute atomic E-state index is 13.4. The fraction of sp³-hybridized carbons (Fsp3) is 0.200. The Balaban J connectivity index is 1.62. The first-order valence-electron chi connectivity index (χ1n) is 11.0. The predicted octanol–water partition coefficient (Wildman–Crippen LogP) is 3.21. The lowest BCUT2D eigenvalue weighted by molar-refractivity contribution is 0.0966. The van der Waals surface area contributed by atoms with Gasteiger partial charge in [-0.25, -0.2) is 13.9 Å². The average molecular weight is 491 g/mol. The van der Waals surface area contributed by atoms with Crippen molar-refractivity contribution in [3.63, 3.8) is 0 Å². The number of methoxy groups -OCH3 is 1. The standard InChI is InChI=1S/C25H22N4O5S/c1-3-34-21-7-5-4-6-17(21)14-27-23(31)22-19(12-13-35-22)29-24(27)26-28(25(29)32)15-20(30)16-8-10-18(33-2)11-9-16/h4-13H,3,14-15H2,1-2H3. The second-order valence-electron chi connectivity index (χ2n) is 7.79. The van der Waals surface area contributed by atoms with Gasteiger partial charge in [-0.05, 0) is 48.7 Å². The van der Waals surface area contributed by atoms with Crippen LogP contribution in [0.25, 0.3) is 16.0 Å². The summed E-state index contributed by atoms with van der Waals surface area (Å²) in [7, 11) is 1.55. The van der Waals surface area contributed by atoms with Crippen molar-refractivity contribution >= 4 is 33.1 Å². The van der Waals surface area contributed by atoms with Crippen LogP contribution in [0.1, 0.15) is 22.8 Å². The quantitative estimate of drug-likeness (QED) is 0.310. The zero-order valence-electron chi connectivity index (χ0n) is 19.1. The summed E-state index contributed by atoms with van der Waals surface area (Å²) in [5.41, 5.74) is 0.936. The van der Waals surface area contributed by atoms with Crippen LogP contribution >= 0.6 is 11.3 Å². The molecule has 3 heterocycles. The van der Waals surface area contributed by atoms with Crippen molar-refractivity contribution in [2.75, 3.05) is 13.7 Å². The lowest BCUT2D eigenvalue weighted by Gasteiger charge is -2.12. The van der Waals surface area contributed by atoms with Gasteiger partial charge in [-0.2, -0.15) is 0 Å². The molecule has 5 rings (SSSR count). The molecular formula is C25H22N4O5S. The van der Waals surface area contributed by atoms with Crippen molar-refractivity contribution in [1.29, 1.82) is 0 Å². The Morgan fingerprint density at radius 1 is 1.06 bits per heavy atom. The Morgan fingerprint density at radius 2 is 1.83 bits per heavy atom. The van der Waals surface area contributed by atoms with Crippen LogP contribution in [0.4, 0.5) is 0 Å². The van der Waals surface area contributed by atoms with Gasteiger partial charge in [0, 0.05) is 11.1 Å². The Labute approximate surface area is 203 Å². The van der Waals surface area contributed by atoms with Crippen LogP contribution in [0.15, 0.2) is 69.6 Å². The van der Waals surface area contributed by atoms with Crippen molar-refractivity contribution in [3.8, 4) is 11.5 Å². The number of hydrogen-bond acceptors (Lipinski definition) is 7. The minimum absolute atomic E-state index is 0.162. The molecule has 0 unspecified atom stereocenters. The largest absolute Gasteiger partial charge is 0.497 e. The van der Waals surface area contributed by atoms with Crippen molar-refractivity contribution < 1.29 is 14.3 Å². The van der Waals surface area contributed by atoms with Gasteiger partial charge in [0.1, 0.15) is 22.7 Å². The lowest BCUT2D eigenvalue weighted by atomic mass is 10.1. The monoisotopic (exact) mass is 490 g/mol. The molecule has 0 amide bonds. The third kappa shape index (κ3) is 4.01. The second kappa shape index (κ2) is 9.22. The molecule has 35 heavy (non-hydrogen) atoms. The third-order valence-electron chi connectivity index (χ3n) is 5.69. The molecule has 10 heteroatoms. The Bertz CT molecular complexity index is 1660. The Morgan fingerprint density at radius 3 is 2.57 bits per heavy atom. The molecule has 0 N–H and O–H groups in total. The number of fused-ring (bicyclic) bond motifs is 3. The summed E-state index contributed by atoms with van der Waals surface area (Å²) in [6.07, 6.45) is 0. The van der Waals surface area contributed by atoms with Crippen LogP contribution in [0.5, 0.6) is 11.5 Å². The first-order valence-corrected chi connectivity index (χ1v) is 11.9. The van der Waals surface area contributed by atoms with Gasteiger partial charge in [-0.15, -0.1) is 16.4 Å². The highest BCUT2D eigenvalue weighted by atomic mass is 32.1. The molecule has 0 radical (unpaired) electrons. The van der Waals surface area contributed by atoms with E-state index in [9.17, 15) is 14.4 Å². The molecule has 0 bridgehead atoms. The predicted molar refractivity (Wildman–Crippen MR) is 133 cm³/mol. The number of carbonyl (C=O) groups excluding carboxylic acids is 1. The smallest absolute Gasteiger partial charge is 0.352 e. The van der Waals surface area contributed by atoms with Crippen LogP contribution in [0.2, 0.25) is 0 Å². The number of rotatable bonds is 8. The number of aromatic nitrogens is 4. The summed E-state index contributed by atoms with van der Waals surface area (Å²) in [4.78, 5) is 39.6. The van der Waals surface area contributed by atoms with Gasteiger partial charge in [0.2, 0.25) is 5.78 Å². The van der Waals surface area contributed by atoms with E-state index in [0.717, 1.165) is 10.2 Å². The van der Waals surface area contributed by atoms with Crippen LogP contribution in [-0.4, -0.2) is 38.2 Å². The summed E-state index contributed by atoms with van der Waals surface area (Å²) in [5, 5.41) is 6.18. The molecule has 178 valence electrons. The highest BCUT2D eigenvalue weighted by molar-refractivity contribution is 7.17. The van der Waals surface area contributed by atoms with Gasteiger partial charge in [0.15, 0.2) is 5.78 Å². The molecule has 0 atom stereocenters. The molecule has 0 aliphatic heterocycles. The van der Waals surface area contributed by atoms with E-state index in [2.05, 4.69) is 5.10 Å². The highest BCUT2D eigenvalue weighted by Gasteiger charge is 2.21. The van der Waals surface area contributed by atoms with Crippen molar-refractivity contribution in [1.82, 2.24) is 18.7 Å². The third-order valence-corrected chi connectivity index (χ3v) is 6.59. The van der Waals surface area contributed by atoms with E-state index in [4.69, 9.17) is 9.47 Å². The summed E-state index contributed by atoms with van der Waals surface area (Å²) in [5.74, 6) is 1.17. The summed E-state index contributed by atoms with van der Waals surface area (Å²) in [6.45, 7) is 2.27. The van der Waals surface area contributed by atoms with Crippen LogP contribution < -0.4 is 20.7 Å². The number of hydrogen-bond donors (Lipinski definition) is 0. The van der Waals surface area contributed by atoms with E-state index in [1.54, 1.807) is 42.8 Å². The summed E-state index contributed by atoms with van der Waals surface area (Å²) < 4.78 is 15.2. The summed E-state index contributed by atoms with van der Waals surface area (Å²) >= 11 is 1.26. The molecule has 0 aliphatic carbocycles. The number of Topliss-reactive ketones (excluding diaryl/α,β-unsaturated/α-hetero) is 1.